The van der Waals surface area contributed by atoms with Crippen LogP contribution < -0.4 is 10.2 Å². The van der Waals surface area contributed by atoms with Gasteiger partial charge in [0.2, 0.25) is 5.95 Å². The van der Waals surface area contributed by atoms with Crippen molar-refractivity contribution < 1.29 is 9.18 Å². The molecule has 0 unspecified atom stereocenters. The molecule has 0 radical (unpaired) electrons. The number of nitrogens with zero attached hydrogens (tertiary/aromatic N) is 4. The van der Waals surface area contributed by atoms with Crippen molar-refractivity contribution >= 4 is 11.9 Å². The number of amides is 1. The van der Waals surface area contributed by atoms with E-state index in [1.807, 2.05) is 6.92 Å². The monoisotopic (exact) mass is 357 g/mol. The lowest BCUT2D eigenvalue weighted by molar-refractivity contribution is 0.0945. The fourth-order valence-electron chi connectivity index (χ4n) is 2.98. The highest BCUT2D eigenvalue weighted by molar-refractivity contribution is 5.92. The summed E-state index contributed by atoms with van der Waals surface area (Å²) < 4.78 is 13.7. The zero-order chi connectivity index (χ0) is 18.5. The van der Waals surface area contributed by atoms with Gasteiger partial charge < -0.3 is 15.1 Å². The summed E-state index contributed by atoms with van der Waals surface area (Å²) >= 11 is 0. The summed E-state index contributed by atoms with van der Waals surface area (Å²) in [5, 5.41) is 2.73. The number of aryl methyl sites for hydroxylation is 1. The van der Waals surface area contributed by atoms with Gasteiger partial charge in [0.15, 0.2) is 0 Å². The molecule has 6 nitrogen and oxygen atoms in total. The van der Waals surface area contributed by atoms with Gasteiger partial charge in [0.05, 0.1) is 0 Å². The van der Waals surface area contributed by atoms with Crippen molar-refractivity contribution in [2.24, 2.45) is 0 Å². The molecule has 0 saturated carbocycles. The molecule has 26 heavy (non-hydrogen) atoms. The van der Waals surface area contributed by atoms with Crippen LogP contribution in [0.4, 0.5) is 10.3 Å². The summed E-state index contributed by atoms with van der Waals surface area (Å²) in [6.45, 7) is 8.76. The molecule has 1 aromatic carbocycles. The van der Waals surface area contributed by atoms with Crippen molar-refractivity contribution in [2.45, 2.75) is 20.4 Å². The first kappa shape index (κ1) is 18.3. The van der Waals surface area contributed by atoms with E-state index in [9.17, 15) is 9.18 Å². The second-order valence-corrected chi connectivity index (χ2v) is 6.39. The Morgan fingerprint density at radius 2 is 1.92 bits per heavy atom. The first-order chi connectivity index (χ1) is 12.6. The van der Waals surface area contributed by atoms with Gasteiger partial charge in [-0.05, 0) is 25.6 Å². The van der Waals surface area contributed by atoms with E-state index in [0.29, 0.717) is 17.2 Å². The molecule has 0 aliphatic carbocycles. The average molecular weight is 357 g/mol. The topological polar surface area (TPSA) is 61.4 Å². The van der Waals surface area contributed by atoms with E-state index in [4.69, 9.17) is 0 Å². The van der Waals surface area contributed by atoms with Gasteiger partial charge in [0.1, 0.15) is 11.5 Å². The molecule has 1 aromatic heterocycles. The molecule has 0 bridgehead atoms. The zero-order valence-corrected chi connectivity index (χ0v) is 15.2. The molecule has 1 fully saturated rings. The van der Waals surface area contributed by atoms with Gasteiger partial charge in [-0.25, -0.2) is 14.4 Å². The van der Waals surface area contributed by atoms with Crippen LogP contribution in [0, 0.1) is 12.7 Å². The van der Waals surface area contributed by atoms with E-state index >= 15 is 0 Å². The molecular formula is C19H24FN5O. The lowest BCUT2D eigenvalue weighted by atomic mass is 10.2. The van der Waals surface area contributed by atoms with Gasteiger partial charge in [-0.2, -0.15) is 0 Å². The molecule has 7 heteroatoms. The quantitative estimate of drug-likeness (QED) is 0.887. The van der Waals surface area contributed by atoms with Crippen LogP contribution in [-0.2, 0) is 6.54 Å². The smallest absolute Gasteiger partial charge is 0.270 e. The van der Waals surface area contributed by atoms with Gasteiger partial charge in [-0.1, -0.05) is 25.1 Å². The standard InChI is InChI=1S/C19H24FN5O/c1-3-24-8-10-25(11-9-24)19-22-14(2)12-17(23-19)18(26)21-13-15-6-4-5-7-16(15)20/h4-7,12H,3,8-11,13H2,1-2H3,(H,21,26). The number of piperazine rings is 1. The van der Waals surface area contributed by atoms with Crippen molar-refractivity contribution in [1.82, 2.24) is 20.2 Å². The highest BCUT2D eigenvalue weighted by Gasteiger charge is 2.20. The van der Waals surface area contributed by atoms with Crippen LogP contribution in [0.25, 0.3) is 0 Å². The third kappa shape index (κ3) is 4.35. The van der Waals surface area contributed by atoms with Gasteiger partial charge >= 0.3 is 0 Å². The van der Waals surface area contributed by atoms with Crippen molar-refractivity contribution in [1.29, 1.82) is 0 Å². The van der Waals surface area contributed by atoms with Crippen LogP contribution in [0.2, 0.25) is 0 Å². The number of hydrogen-bond donors (Lipinski definition) is 1. The van der Waals surface area contributed by atoms with Crippen LogP contribution >= 0.6 is 0 Å². The van der Waals surface area contributed by atoms with Crippen molar-refractivity contribution in [2.75, 3.05) is 37.6 Å². The maximum absolute atomic E-state index is 13.7. The molecule has 1 aliphatic heterocycles. The van der Waals surface area contributed by atoms with E-state index in [1.54, 1.807) is 24.3 Å². The minimum Gasteiger partial charge on any atom is -0.347 e. The van der Waals surface area contributed by atoms with E-state index < -0.39 is 0 Å². The number of carbonyl (C=O) groups excluding carboxylic acids is 1. The predicted molar refractivity (Wildman–Crippen MR) is 98.7 cm³/mol. The number of benzene rings is 1. The summed E-state index contributed by atoms with van der Waals surface area (Å²) in [4.78, 5) is 25.9. The number of carbonyl (C=O) groups is 1. The molecular weight excluding hydrogens is 333 g/mol. The lowest BCUT2D eigenvalue weighted by Crippen LogP contribution is -2.47. The summed E-state index contributed by atoms with van der Waals surface area (Å²) in [5.41, 5.74) is 1.49. The number of rotatable bonds is 5. The van der Waals surface area contributed by atoms with E-state index in [1.165, 1.54) is 6.07 Å². The molecule has 0 spiro atoms. The zero-order valence-electron chi connectivity index (χ0n) is 15.2. The van der Waals surface area contributed by atoms with E-state index in [0.717, 1.165) is 38.4 Å². The molecule has 0 atom stereocenters. The van der Waals surface area contributed by atoms with Crippen molar-refractivity contribution in [3.8, 4) is 0 Å². The number of halogens is 1. The summed E-state index contributed by atoms with van der Waals surface area (Å²) in [7, 11) is 0. The molecule has 3 rings (SSSR count). The summed E-state index contributed by atoms with van der Waals surface area (Å²) in [6.07, 6.45) is 0. The Morgan fingerprint density at radius 1 is 1.19 bits per heavy atom. The molecule has 2 aromatic rings. The average Bonchev–Trinajstić information content (AvgIpc) is 2.66. The highest BCUT2D eigenvalue weighted by atomic mass is 19.1. The van der Waals surface area contributed by atoms with Crippen LogP contribution in [-0.4, -0.2) is 53.5 Å². The SMILES string of the molecule is CCN1CCN(c2nc(C)cc(C(=O)NCc3ccccc3F)n2)CC1. The largest absolute Gasteiger partial charge is 0.347 e. The minimum atomic E-state index is -0.332. The van der Waals surface area contributed by atoms with Gasteiger partial charge in [-0.15, -0.1) is 0 Å². The molecule has 2 heterocycles. The molecule has 1 amide bonds. The van der Waals surface area contributed by atoms with Gasteiger partial charge in [0, 0.05) is 44.0 Å². The molecule has 1 saturated heterocycles. The van der Waals surface area contributed by atoms with Crippen LogP contribution in [0.5, 0.6) is 0 Å². The fourth-order valence-corrected chi connectivity index (χ4v) is 2.98. The Morgan fingerprint density at radius 3 is 2.62 bits per heavy atom. The normalized spacial score (nSPS) is 15.1. The Hall–Kier alpha value is -2.54. The predicted octanol–water partition coefficient (Wildman–Crippen LogP) is 2.00. The third-order valence-corrected chi connectivity index (χ3v) is 4.57. The molecule has 138 valence electrons. The van der Waals surface area contributed by atoms with Crippen molar-refractivity contribution in [3.05, 3.63) is 53.1 Å². The van der Waals surface area contributed by atoms with E-state index in [2.05, 4.69) is 32.0 Å². The number of hydrogen-bond acceptors (Lipinski definition) is 5. The maximum atomic E-state index is 13.7. The number of aromatic nitrogens is 2. The van der Waals surface area contributed by atoms with Crippen LogP contribution in [0.3, 0.4) is 0 Å². The first-order valence-corrected chi connectivity index (χ1v) is 8.91. The molecule has 1 N–H and O–H groups in total. The number of anilines is 1. The minimum absolute atomic E-state index is 0.124. The fraction of sp³-hybridized carbons (Fsp3) is 0.421. The van der Waals surface area contributed by atoms with Crippen LogP contribution in [0.15, 0.2) is 30.3 Å². The molecule has 1 aliphatic rings. The van der Waals surface area contributed by atoms with Gasteiger partial charge in [0.25, 0.3) is 5.91 Å². The third-order valence-electron chi connectivity index (χ3n) is 4.57. The summed E-state index contributed by atoms with van der Waals surface area (Å²) in [5.74, 6) is -0.0786. The highest BCUT2D eigenvalue weighted by Crippen LogP contribution is 2.14. The summed E-state index contributed by atoms with van der Waals surface area (Å²) in [6, 6.07) is 8.05. The Balaban J connectivity index is 1.69. The second-order valence-electron chi connectivity index (χ2n) is 6.39. The van der Waals surface area contributed by atoms with E-state index in [-0.39, 0.29) is 18.3 Å². The number of likely N-dealkylation sites (N-methyl/N-ethyl adjacent to an activating group) is 1. The maximum Gasteiger partial charge on any atom is 0.270 e. The second kappa shape index (κ2) is 8.23. The Bertz CT molecular complexity index is 774. The number of nitrogens with one attached hydrogen (secondary N) is 1. The van der Waals surface area contributed by atoms with Crippen LogP contribution in [0.1, 0.15) is 28.7 Å². The Labute approximate surface area is 153 Å². The Kier molecular flexibility index (Phi) is 5.78. The van der Waals surface area contributed by atoms with Crippen molar-refractivity contribution in [3.63, 3.8) is 0 Å². The lowest BCUT2D eigenvalue weighted by Gasteiger charge is -2.34. The van der Waals surface area contributed by atoms with Gasteiger partial charge in [-0.3, -0.25) is 4.79 Å². The first-order valence-electron chi connectivity index (χ1n) is 8.91.